The number of aromatic hydroxyl groups is 1. The zero-order valence-electron chi connectivity index (χ0n) is 15.6. The van der Waals surface area contributed by atoms with Gasteiger partial charge >= 0.3 is 0 Å². The van der Waals surface area contributed by atoms with Crippen LogP contribution < -0.4 is 4.74 Å². The van der Waals surface area contributed by atoms with Gasteiger partial charge in [0.1, 0.15) is 22.1 Å². The number of nitrogens with zero attached hydrogens (tertiary/aromatic N) is 2. The third-order valence-corrected chi connectivity index (χ3v) is 5.62. The Balaban J connectivity index is 2.11. The summed E-state index contributed by atoms with van der Waals surface area (Å²) in [7, 11) is -3.10. The predicted molar refractivity (Wildman–Crippen MR) is 108 cm³/mol. The molecule has 3 aromatic carbocycles. The Bertz CT molecular complexity index is 1230. The first-order valence-electron chi connectivity index (χ1n) is 8.22. The van der Waals surface area contributed by atoms with E-state index in [9.17, 15) is 18.1 Å². The van der Waals surface area contributed by atoms with Gasteiger partial charge in [0.15, 0.2) is 0 Å². The van der Waals surface area contributed by atoms with Crippen LogP contribution in [-0.2, 0) is 19.5 Å². The van der Waals surface area contributed by atoms with Crippen LogP contribution in [0.25, 0.3) is 10.8 Å². The maximum Gasteiger partial charge on any atom is 0.294 e. The van der Waals surface area contributed by atoms with Crippen LogP contribution in [0, 0.1) is 6.92 Å². The van der Waals surface area contributed by atoms with Crippen molar-refractivity contribution in [2.75, 3.05) is 7.11 Å². The summed E-state index contributed by atoms with van der Waals surface area (Å²) in [5.41, 5.74) is 0.835. The van der Waals surface area contributed by atoms with Crippen LogP contribution in [0.4, 0.5) is 11.4 Å². The summed E-state index contributed by atoms with van der Waals surface area (Å²) in [6.45, 7) is 1.50. The van der Waals surface area contributed by atoms with Gasteiger partial charge in [0.05, 0.1) is 24.8 Å². The maximum absolute atomic E-state index is 11.5. The van der Waals surface area contributed by atoms with E-state index in [0.29, 0.717) is 21.4 Å². The smallest absolute Gasteiger partial charge is 0.294 e. The Morgan fingerprint density at radius 1 is 1.03 bits per heavy atom. The van der Waals surface area contributed by atoms with Crippen LogP contribution in [0.5, 0.6) is 11.5 Å². The van der Waals surface area contributed by atoms with E-state index in [1.54, 1.807) is 18.2 Å². The first-order chi connectivity index (χ1) is 14.2. The minimum atomic E-state index is -4.43. The maximum atomic E-state index is 11.5. The van der Waals surface area contributed by atoms with Crippen molar-refractivity contribution < 1.29 is 37.4 Å². The summed E-state index contributed by atoms with van der Waals surface area (Å²) in [6.07, 6.45) is 0. The van der Waals surface area contributed by atoms with Crippen molar-refractivity contribution in [3.63, 3.8) is 0 Å². The molecule has 0 atom stereocenters. The lowest BCUT2D eigenvalue weighted by Gasteiger charge is -2.09. The van der Waals surface area contributed by atoms with Crippen LogP contribution in [0.3, 0.4) is 0 Å². The number of aryl methyl sites for hydroxylation is 1. The number of benzene rings is 3. The summed E-state index contributed by atoms with van der Waals surface area (Å²) >= 11 is 0.735. The number of fused-ring (bicyclic) bond motifs is 1. The monoisotopic (exact) mass is 452 g/mol. The molecule has 3 aromatic rings. The van der Waals surface area contributed by atoms with Gasteiger partial charge in [-0.2, -0.15) is 8.42 Å². The molecular formula is C18H16N2O8S2. The Labute approximate surface area is 175 Å². The van der Waals surface area contributed by atoms with E-state index in [-0.39, 0.29) is 27.6 Å². The fourth-order valence-corrected chi connectivity index (χ4v) is 3.93. The number of hydrogen-bond acceptors (Lipinski definition) is 10. The van der Waals surface area contributed by atoms with Gasteiger partial charge < -0.3 is 9.84 Å². The van der Waals surface area contributed by atoms with Gasteiger partial charge in [-0.3, -0.25) is 4.55 Å². The highest BCUT2D eigenvalue weighted by molar-refractivity contribution is 7.94. The molecule has 12 heteroatoms. The van der Waals surface area contributed by atoms with Gasteiger partial charge in [-0.05, 0) is 48.2 Å². The zero-order valence-corrected chi connectivity index (χ0v) is 17.3. The van der Waals surface area contributed by atoms with Crippen molar-refractivity contribution in [3.8, 4) is 11.5 Å². The van der Waals surface area contributed by atoms with Crippen LogP contribution in [-0.4, -0.2) is 30.4 Å². The average Bonchev–Trinajstić information content (AvgIpc) is 2.69. The minimum Gasteiger partial charge on any atom is -0.508 e. The van der Waals surface area contributed by atoms with Crippen LogP contribution in [0.15, 0.2) is 62.5 Å². The second-order valence-corrected chi connectivity index (χ2v) is 8.20. The lowest BCUT2D eigenvalue weighted by Crippen LogP contribution is -2.01. The Kier molecular flexibility index (Phi) is 6.55. The first-order valence-corrected chi connectivity index (χ1v) is 10.4. The summed E-state index contributed by atoms with van der Waals surface area (Å²) in [6, 6.07) is 10.5. The predicted octanol–water partition coefficient (Wildman–Crippen LogP) is 4.95. The fraction of sp³-hybridized carbons (Fsp3) is 0.111. The lowest BCUT2D eigenvalue weighted by molar-refractivity contribution is -0.432. The quantitative estimate of drug-likeness (QED) is 0.149. The van der Waals surface area contributed by atoms with Crippen molar-refractivity contribution in [1.82, 2.24) is 0 Å². The van der Waals surface area contributed by atoms with Gasteiger partial charge in [-0.15, -0.1) is 14.6 Å². The molecule has 158 valence electrons. The van der Waals surface area contributed by atoms with E-state index in [2.05, 4.69) is 19.6 Å². The van der Waals surface area contributed by atoms with Crippen molar-refractivity contribution in [3.05, 3.63) is 48.0 Å². The SMILES string of the molecule is COc1cc(S(=O)(=O)O)c(C)cc1N=Nc1cc(SOOO)cc2ccc(O)cc12. The van der Waals surface area contributed by atoms with E-state index in [1.165, 1.54) is 32.2 Å². The molecule has 10 nitrogen and oxygen atoms in total. The highest BCUT2D eigenvalue weighted by atomic mass is 32.2. The van der Waals surface area contributed by atoms with E-state index >= 15 is 0 Å². The molecule has 0 bridgehead atoms. The molecule has 0 amide bonds. The van der Waals surface area contributed by atoms with Gasteiger partial charge in [0.2, 0.25) is 0 Å². The number of rotatable bonds is 7. The number of phenols is 1. The summed E-state index contributed by atoms with van der Waals surface area (Å²) < 4.78 is 41.9. The summed E-state index contributed by atoms with van der Waals surface area (Å²) in [4.78, 5) is 0.231. The Morgan fingerprint density at radius 2 is 1.77 bits per heavy atom. The molecule has 3 N–H and O–H groups in total. The largest absolute Gasteiger partial charge is 0.508 e. The molecule has 0 unspecified atom stereocenters. The van der Waals surface area contributed by atoms with E-state index in [0.717, 1.165) is 18.1 Å². The van der Waals surface area contributed by atoms with E-state index < -0.39 is 10.1 Å². The van der Waals surface area contributed by atoms with Gasteiger partial charge in [0.25, 0.3) is 10.1 Å². The van der Waals surface area contributed by atoms with Gasteiger partial charge in [0, 0.05) is 16.3 Å². The third-order valence-electron chi connectivity index (χ3n) is 4.07. The topological polar surface area (TPSA) is 147 Å². The van der Waals surface area contributed by atoms with Crippen LogP contribution in [0.1, 0.15) is 5.56 Å². The van der Waals surface area contributed by atoms with Gasteiger partial charge in [-0.25, -0.2) is 5.26 Å². The highest BCUT2D eigenvalue weighted by Gasteiger charge is 2.17. The number of azo groups is 1. The molecule has 0 aliphatic heterocycles. The highest BCUT2D eigenvalue weighted by Crippen LogP contribution is 2.38. The van der Waals surface area contributed by atoms with Crippen molar-refractivity contribution in [2.45, 2.75) is 16.7 Å². The van der Waals surface area contributed by atoms with Crippen LogP contribution >= 0.6 is 12.0 Å². The molecule has 0 aliphatic carbocycles. The molecule has 0 heterocycles. The molecule has 30 heavy (non-hydrogen) atoms. The van der Waals surface area contributed by atoms with E-state index in [4.69, 9.17) is 9.99 Å². The van der Waals surface area contributed by atoms with Crippen LogP contribution in [0.2, 0.25) is 0 Å². The molecule has 3 rings (SSSR count). The minimum absolute atomic E-state index is 0.0280. The summed E-state index contributed by atoms with van der Waals surface area (Å²) in [5, 5.41) is 31.4. The van der Waals surface area contributed by atoms with Crippen molar-refractivity contribution in [2.24, 2.45) is 10.2 Å². The number of phenolic OH excluding ortho intramolecular Hbond substituents is 1. The second kappa shape index (κ2) is 8.95. The normalized spacial score (nSPS) is 12.0. The number of methoxy groups -OCH3 is 1. The van der Waals surface area contributed by atoms with Gasteiger partial charge in [-0.1, -0.05) is 11.1 Å². The Hall–Kier alpha value is -2.74. The van der Waals surface area contributed by atoms with Crippen molar-refractivity contribution in [1.29, 1.82) is 0 Å². The first kappa shape index (κ1) is 22.0. The molecule has 0 aromatic heterocycles. The summed E-state index contributed by atoms with van der Waals surface area (Å²) in [5.74, 6) is 0.117. The standard InChI is InChI=1S/C18H16N2O8S2/c1-10-5-16(17(26-2)9-18(10)30(23,24)25)20-19-15-8-13(29-28-27-22)6-11-3-4-12(21)7-14(11)15/h3-9,21-22H,1-2H3,(H,23,24,25). The molecule has 0 saturated heterocycles. The third kappa shape index (κ3) is 4.87. The van der Waals surface area contributed by atoms with Crippen molar-refractivity contribution >= 4 is 44.3 Å². The molecular weight excluding hydrogens is 436 g/mol. The molecule has 0 aliphatic rings. The molecule has 0 spiro atoms. The average molecular weight is 452 g/mol. The lowest BCUT2D eigenvalue weighted by atomic mass is 10.1. The molecule has 0 fully saturated rings. The second-order valence-electron chi connectivity index (χ2n) is 6.04. The molecule has 0 saturated carbocycles. The number of ether oxygens (including phenoxy) is 1. The molecule has 0 radical (unpaired) electrons. The van der Waals surface area contributed by atoms with E-state index in [1.807, 2.05) is 0 Å². The Morgan fingerprint density at radius 3 is 2.43 bits per heavy atom. The zero-order chi connectivity index (χ0) is 21.9. The number of hydrogen-bond donors (Lipinski definition) is 3. The fourth-order valence-electron chi connectivity index (χ4n) is 2.77.